The number of amides is 1. The van der Waals surface area contributed by atoms with E-state index >= 15 is 0 Å². The predicted octanol–water partition coefficient (Wildman–Crippen LogP) is 1.78. The van der Waals surface area contributed by atoms with Crippen LogP contribution in [0, 0.1) is 5.92 Å². The molecule has 1 amide bonds. The Morgan fingerprint density at radius 1 is 1.38 bits per heavy atom. The third-order valence-corrected chi connectivity index (χ3v) is 5.17. The Balaban J connectivity index is 1.59. The number of rotatable bonds is 4. The highest BCUT2D eigenvalue weighted by atomic mass is 32.2. The average molecular weight is 304 g/mol. The second kappa shape index (κ2) is 6.20. The fraction of sp³-hybridized carbons (Fsp3) is 0.500. The first kappa shape index (κ1) is 14.6. The molecular weight excluding hydrogens is 284 g/mol. The topological polar surface area (TPSA) is 52.9 Å². The molecule has 0 spiro atoms. The average Bonchev–Trinajstić information content (AvgIpc) is 2.95. The first-order valence-corrected chi connectivity index (χ1v) is 8.31. The van der Waals surface area contributed by atoms with E-state index in [1.165, 1.54) is 0 Å². The summed E-state index contributed by atoms with van der Waals surface area (Å²) in [6, 6.07) is 9.74. The number of nitrogens with zero attached hydrogens (tertiary/aromatic N) is 2. The predicted molar refractivity (Wildman–Crippen MR) is 85.6 cm³/mol. The van der Waals surface area contributed by atoms with Crippen LogP contribution in [0.4, 0.5) is 0 Å². The van der Waals surface area contributed by atoms with Gasteiger partial charge in [0, 0.05) is 24.9 Å². The van der Waals surface area contributed by atoms with Crippen molar-refractivity contribution in [3.8, 4) is 0 Å². The highest BCUT2D eigenvalue weighted by Gasteiger charge is 2.32. The smallest absolute Gasteiger partial charge is 0.248 e. The zero-order valence-corrected chi connectivity index (χ0v) is 12.9. The molecule has 1 saturated carbocycles. The van der Waals surface area contributed by atoms with Crippen LogP contribution in [0.3, 0.4) is 0 Å². The van der Waals surface area contributed by atoms with Gasteiger partial charge in [0.15, 0.2) is 0 Å². The minimum Gasteiger partial charge on any atom is -0.393 e. The molecule has 0 aromatic heterocycles. The van der Waals surface area contributed by atoms with Gasteiger partial charge in [-0.05, 0) is 18.8 Å². The number of carbonyl (C=O) groups is 1. The number of benzene rings is 1. The lowest BCUT2D eigenvalue weighted by atomic mass is 9.82. The van der Waals surface area contributed by atoms with Gasteiger partial charge in [-0.25, -0.2) is 0 Å². The Morgan fingerprint density at radius 3 is 2.76 bits per heavy atom. The van der Waals surface area contributed by atoms with E-state index in [0.29, 0.717) is 5.92 Å². The molecule has 0 bridgehead atoms. The fourth-order valence-electron chi connectivity index (χ4n) is 2.82. The lowest BCUT2D eigenvalue weighted by Crippen LogP contribution is -2.43. The monoisotopic (exact) mass is 304 g/mol. The number of likely N-dealkylation sites (N-methyl/N-ethyl adjacent to an activating group) is 1. The molecule has 1 fully saturated rings. The summed E-state index contributed by atoms with van der Waals surface area (Å²) in [5.41, 5.74) is 1.09. The molecular formula is C16H20N2O2S. The van der Waals surface area contributed by atoms with Gasteiger partial charge in [0.2, 0.25) is 5.91 Å². The van der Waals surface area contributed by atoms with Crippen LogP contribution in [0.2, 0.25) is 0 Å². The van der Waals surface area contributed by atoms with Crippen molar-refractivity contribution in [3.63, 3.8) is 0 Å². The first-order valence-electron chi connectivity index (χ1n) is 7.32. The number of aliphatic imine (C=N–C) groups is 1. The number of hydrogen-bond donors (Lipinski definition) is 1. The molecule has 0 radical (unpaired) electrons. The highest BCUT2D eigenvalue weighted by Crippen LogP contribution is 2.29. The van der Waals surface area contributed by atoms with E-state index in [1.807, 2.05) is 37.4 Å². The molecule has 3 rings (SSSR count). The van der Waals surface area contributed by atoms with Gasteiger partial charge in [-0.3, -0.25) is 9.79 Å². The van der Waals surface area contributed by atoms with Crippen LogP contribution < -0.4 is 0 Å². The molecule has 1 atom stereocenters. The number of aliphatic hydroxyl groups excluding tert-OH is 1. The summed E-state index contributed by atoms with van der Waals surface area (Å²) in [5, 5.41) is 10.3. The van der Waals surface area contributed by atoms with Crippen LogP contribution in [0.5, 0.6) is 0 Å². The van der Waals surface area contributed by atoms with E-state index < -0.39 is 0 Å². The van der Waals surface area contributed by atoms with Crippen molar-refractivity contribution in [2.75, 3.05) is 19.3 Å². The van der Waals surface area contributed by atoms with Crippen LogP contribution in [-0.2, 0) is 4.79 Å². The number of aliphatic hydroxyl groups is 1. The van der Waals surface area contributed by atoms with Gasteiger partial charge in [0.1, 0.15) is 6.04 Å². The molecule has 0 saturated heterocycles. The second-order valence-corrected chi connectivity index (χ2v) is 6.85. The molecule has 1 aliphatic heterocycles. The standard InChI is InChI=1S/C16H20N2O2S/c1-18(9-11-7-13(19)8-11)16(20)14-10-21-15(17-14)12-5-3-2-4-6-12/h2-6,11,13-14,19H,7-10H2,1H3. The van der Waals surface area contributed by atoms with Crippen molar-refractivity contribution in [3.05, 3.63) is 35.9 Å². The Labute approximate surface area is 129 Å². The van der Waals surface area contributed by atoms with Gasteiger partial charge < -0.3 is 10.0 Å². The van der Waals surface area contributed by atoms with E-state index in [-0.39, 0.29) is 18.1 Å². The van der Waals surface area contributed by atoms with E-state index in [2.05, 4.69) is 4.99 Å². The van der Waals surface area contributed by atoms with Gasteiger partial charge in [-0.1, -0.05) is 30.3 Å². The third-order valence-electron chi connectivity index (χ3n) is 4.08. The van der Waals surface area contributed by atoms with Crippen LogP contribution >= 0.6 is 11.8 Å². The molecule has 5 heteroatoms. The number of carbonyl (C=O) groups excluding carboxylic acids is 1. The van der Waals surface area contributed by atoms with E-state index in [4.69, 9.17) is 0 Å². The summed E-state index contributed by atoms with van der Waals surface area (Å²) in [4.78, 5) is 18.8. The van der Waals surface area contributed by atoms with Gasteiger partial charge in [0.05, 0.1) is 11.1 Å². The minimum atomic E-state index is -0.264. The van der Waals surface area contributed by atoms with E-state index in [9.17, 15) is 9.90 Å². The van der Waals surface area contributed by atoms with Crippen molar-refractivity contribution in [1.29, 1.82) is 0 Å². The van der Waals surface area contributed by atoms with Crippen LogP contribution in [0.15, 0.2) is 35.3 Å². The van der Waals surface area contributed by atoms with Gasteiger partial charge in [0.25, 0.3) is 0 Å². The van der Waals surface area contributed by atoms with Crippen LogP contribution in [-0.4, -0.2) is 52.4 Å². The largest absolute Gasteiger partial charge is 0.393 e. The fourth-order valence-corrected chi connectivity index (χ4v) is 3.86. The summed E-state index contributed by atoms with van der Waals surface area (Å²) in [5.74, 6) is 1.26. The molecule has 1 aliphatic carbocycles. The normalized spacial score (nSPS) is 27.9. The molecule has 1 aromatic rings. The zero-order chi connectivity index (χ0) is 14.8. The number of thioether (sulfide) groups is 1. The maximum Gasteiger partial charge on any atom is 0.248 e. The molecule has 1 heterocycles. The maximum atomic E-state index is 12.4. The Hall–Kier alpha value is -1.33. The van der Waals surface area contributed by atoms with E-state index in [0.717, 1.165) is 35.7 Å². The minimum absolute atomic E-state index is 0.0924. The van der Waals surface area contributed by atoms with Crippen molar-refractivity contribution in [1.82, 2.24) is 4.90 Å². The molecule has 1 N–H and O–H groups in total. The lowest BCUT2D eigenvalue weighted by molar-refractivity contribution is -0.132. The van der Waals surface area contributed by atoms with Crippen molar-refractivity contribution < 1.29 is 9.90 Å². The van der Waals surface area contributed by atoms with Crippen molar-refractivity contribution in [2.24, 2.45) is 10.9 Å². The molecule has 21 heavy (non-hydrogen) atoms. The molecule has 112 valence electrons. The number of hydrogen-bond acceptors (Lipinski definition) is 4. The van der Waals surface area contributed by atoms with Crippen molar-refractivity contribution >= 4 is 22.7 Å². The molecule has 1 aromatic carbocycles. The molecule has 1 unspecified atom stereocenters. The van der Waals surface area contributed by atoms with Crippen molar-refractivity contribution in [2.45, 2.75) is 25.0 Å². The summed E-state index contributed by atoms with van der Waals surface area (Å²) < 4.78 is 0. The Bertz CT molecular complexity index is 540. The molecule has 4 nitrogen and oxygen atoms in total. The summed E-state index contributed by atoms with van der Waals surface area (Å²) in [7, 11) is 1.84. The highest BCUT2D eigenvalue weighted by molar-refractivity contribution is 8.14. The zero-order valence-electron chi connectivity index (χ0n) is 12.1. The molecule has 2 aliphatic rings. The summed E-state index contributed by atoms with van der Waals surface area (Å²) in [6.45, 7) is 0.729. The Kier molecular flexibility index (Phi) is 4.31. The Morgan fingerprint density at radius 2 is 2.10 bits per heavy atom. The summed E-state index contributed by atoms with van der Waals surface area (Å²) >= 11 is 1.65. The van der Waals surface area contributed by atoms with Gasteiger partial charge in [-0.2, -0.15) is 0 Å². The maximum absolute atomic E-state index is 12.4. The second-order valence-electron chi connectivity index (χ2n) is 5.84. The summed E-state index contributed by atoms with van der Waals surface area (Å²) in [6.07, 6.45) is 1.47. The van der Waals surface area contributed by atoms with Crippen LogP contribution in [0.1, 0.15) is 18.4 Å². The van der Waals surface area contributed by atoms with Crippen LogP contribution in [0.25, 0.3) is 0 Å². The first-order chi connectivity index (χ1) is 10.1. The lowest BCUT2D eigenvalue weighted by Gasteiger charge is -2.34. The quantitative estimate of drug-likeness (QED) is 0.922. The third kappa shape index (κ3) is 3.30. The van der Waals surface area contributed by atoms with Gasteiger partial charge >= 0.3 is 0 Å². The SMILES string of the molecule is CN(CC1CC(O)C1)C(=O)C1CSC(c2ccccc2)=N1. The van der Waals surface area contributed by atoms with Gasteiger partial charge in [-0.15, -0.1) is 11.8 Å². The van der Waals surface area contributed by atoms with E-state index in [1.54, 1.807) is 16.7 Å².